The number of amides is 2. The second-order valence-electron chi connectivity index (χ2n) is 7.28. The number of hydrogen-bond donors (Lipinski definition) is 0. The van der Waals surface area contributed by atoms with Gasteiger partial charge >= 0.3 is 5.97 Å². The Hall–Kier alpha value is -4.27. The van der Waals surface area contributed by atoms with Crippen LogP contribution >= 0.6 is 0 Å². The van der Waals surface area contributed by atoms with Gasteiger partial charge < -0.3 is 9.25 Å². The van der Waals surface area contributed by atoms with E-state index in [0.717, 1.165) is 0 Å². The molecule has 4 aromatic rings. The number of rotatable bonds is 4. The second-order valence-corrected chi connectivity index (χ2v) is 7.28. The highest BCUT2D eigenvalue weighted by molar-refractivity contribution is 6.21. The monoisotopic (exact) mass is 416 g/mol. The average Bonchev–Trinajstić information content (AvgIpc) is 3.49. The van der Waals surface area contributed by atoms with Crippen LogP contribution in [0.5, 0.6) is 0 Å². The summed E-state index contributed by atoms with van der Waals surface area (Å²) in [4.78, 5) is 48.1. The maximum Gasteiger partial charge on any atom is 0.364 e. The molecule has 0 unspecified atom stereocenters. The van der Waals surface area contributed by atoms with Gasteiger partial charge in [-0.2, -0.15) is 5.10 Å². The molecule has 154 valence electrons. The van der Waals surface area contributed by atoms with Crippen LogP contribution in [0.25, 0.3) is 22.5 Å². The van der Waals surface area contributed by atoms with Gasteiger partial charge in [-0.25, -0.2) is 14.5 Å². The summed E-state index contributed by atoms with van der Waals surface area (Å²) in [6, 6.07) is 11.2. The number of hydroxylamine groups is 2. The number of furan rings is 1. The van der Waals surface area contributed by atoms with Crippen molar-refractivity contribution in [2.24, 2.45) is 0 Å². The molecule has 4 heterocycles. The van der Waals surface area contributed by atoms with Gasteiger partial charge in [0, 0.05) is 6.04 Å². The Morgan fingerprint density at radius 1 is 1.06 bits per heavy atom. The number of pyridine rings is 1. The number of hydrogen-bond acceptors (Lipinski definition) is 7. The largest absolute Gasteiger partial charge is 0.463 e. The molecule has 0 aliphatic carbocycles. The number of nitrogens with zero attached hydrogens (tertiary/aromatic N) is 4. The van der Waals surface area contributed by atoms with E-state index in [2.05, 4.69) is 10.1 Å². The number of carbonyl (C=O) groups excluding carboxylic acids is 3. The number of carbonyl (C=O) groups is 3. The molecule has 0 saturated carbocycles. The quantitative estimate of drug-likeness (QED) is 0.467. The van der Waals surface area contributed by atoms with E-state index in [0.29, 0.717) is 27.6 Å². The van der Waals surface area contributed by atoms with E-state index < -0.39 is 17.8 Å². The number of imide groups is 1. The minimum atomic E-state index is -0.877. The molecule has 0 fully saturated rings. The van der Waals surface area contributed by atoms with Gasteiger partial charge in [-0.15, -0.1) is 0 Å². The van der Waals surface area contributed by atoms with Gasteiger partial charge in [0.2, 0.25) is 0 Å². The van der Waals surface area contributed by atoms with Gasteiger partial charge in [0.1, 0.15) is 5.69 Å². The van der Waals surface area contributed by atoms with Crippen molar-refractivity contribution in [1.29, 1.82) is 0 Å². The van der Waals surface area contributed by atoms with Crippen molar-refractivity contribution in [2.75, 3.05) is 0 Å². The number of benzene rings is 1. The van der Waals surface area contributed by atoms with Crippen molar-refractivity contribution in [3.8, 4) is 11.5 Å². The molecular weight excluding hydrogens is 400 g/mol. The molecule has 0 saturated heterocycles. The standard InChI is InChI=1S/C22H16N4O5/c1-12(2)25-19-16(11-23-25)15(10-17(24-19)18-8-5-9-30-18)22(29)31-26-20(27)13-6-3-4-7-14(13)21(26)28/h3-12H,1-2H3. The Kier molecular flexibility index (Phi) is 4.18. The summed E-state index contributed by atoms with van der Waals surface area (Å²) >= 11 is 0. The lowest BCUT2D eigenvalue weighted by molar-refractivity contribution is -0.0583. The molecule has 0 radical (unpaired) electrons. The summed E-state index contributed by atoms with van der Waals surface area (Å²) in [6.07, 6.45) is 3.00. The Morgan fingerprint density at radius 2 is 1.77 bits per heavy atom. The van der Waals surface area contributed by atoms with E-state index in [9.17, 15) is 14.4 Å². The van der Waals surface area contributed by atoms with Crippen LogP contribution in [0.4, 0.5) is 0 Å². The summed E-state index contributed by atoms with van der Waals surface area (Å²) in [5.74, 6) is -1.81. The molecule has 0 spiro atoms. The molecule has 1 aliphatic rings. The fourth-order valence-electron chi connectivity index (χ4n) is 3.50. The average molecular weight is 416 g/mol. The van der Waals surface area contributed by atoms with Crippen molar-refractivity contribution in [1.82, 2.24) is 19.8 Å². The second kappa shape index (κ2) is 6.91. The summed E-state index contributed by atoms with van der Waals surface area (Å²) in [5.41, 5.74) is 1.33. The van der Waals surface area contributed by atoms with Gasteiger partial charge in [0.05, 0.1) is 34.5 Å². The molecule has 0 N–H and O–H groups in total. The zero-order valence-electron chi connectivity index (χ0n) is 16.6. The third-order valence-electron chi connectivity index (χ3n) is 4.98. The Balaban J connectivity index is 1.58. The van der Waals surface area contributed by atoms with E-state index in [4.69, 9.17) is 9.25 Å². The number of aromatic nitrogens is 3. The van der Waals surface area contributed by atoms with Crippen molar-refractivity contribution in [3.05, 3.63) is 71.6 Å². The highest BCUT2D eigenvalue weighted by Crippen LogP contribution is 2.29. The molecule has 31 heavy (non-hydrogen) atoms. The van der Waals surface area contributed by atoms with Crippen LogP contribution in [0.3, 0.4) is 0 Å². The van der Waals surface area contributed by atoms with E-state index in [-0.39, 0.29) is 22.7 Å². The predicted molar refractivity (Wildman–Crippen MR) is 108 cm³/mol. The third-order valence-corrected chi connectivity index (χ3v) is 4.98. The van der Waals surface area contributed by atoms with Crippen LogP contribution in [0, 0.1) is 0 Å². The zero-order chi connectivity index (χ0) is 21.7. The highest BCUT2D eigenvalue weighted by Gasteiger charge is 2.39. The van der Waals surface area contributed by atoms with Crippen LogP contribution in [-0.2, 0) is 4.84 Å². The van der Waals surface area contributed by atoms with Gasteiger partial charge in [0.25, 0.3) is 11.8 Å². The Bertz CT molecular complexity index is 1320. The molecule has 1 aliphatic heterocycles. The SMILES string of the molecule is CC(C)n1ncc2c(C(=O)ON3C(=O)c4ccccc4C3=O)cc(-c3ccco3)nc21. The topological polar surface area (TPSA) is 108 Å². The first-order chi connectivity index (χ1) is 15.0. The summed E-state index contributed by atoms with van der Waals surface area (Å²) < 4.78 is 7.09. The fraction of sp³-hybridized carbons (Fsp3) is 0.136. The third kappa shape index (κ3) is 2.90. The number of fused-ring (bicyclic) bond motifs is 2. The molecule has 2 amide bonds. The molecule has 5 rings (SSSR count). The molecule has 9 heteroatoms. The van der Waals surface area contributed by atoms with Crippen molar-refractivity contribution in [3.63, 3.8) is 0 Å². The lowest BCUT2D eigenvalue weighted by atomic mass is 10.1. The Morgan fingerprint density at radius 3 is 2.39 bits per heavy atom. The molecule has 0 atom stereocenters. The Labute approximate surface area is 175 Å². The van der Waals surface area contributed by atoms with Gasteiger partial charge in [0.15, 0.2) is 11.4 Å². The van der Waals surface area contributed by atoms with Crippen LogP contribution < -0.4 is 0 Å². The summed E-state index contributed by atoms with van der Waals surface area (Å²) in [7, 11) is 0. The van der Waals surface area contributed by atoms with Gasteiger partial charge in [-0.3, -0.25) is 9.59 Å². The first kappa shape index (κ1) is 18.7. The lowest BCUT2D eigenvalue weighted by Crippen LogP contribution is -2.32. The van der Waals surface area contributed by atoms with E-state index in [1.165, 1.54) is 30.7 Å². The first-order valence-electron chi connectivity index (χ1n) is 9.58. The van der Waals surface area contributed by atoms with Gasteiger partial charge in [-0.05, 0) is 44.2 Å². The normalized spacial score (nSPS) is 13.3. The minimum Gasteiger partial charge on any atom is -0.463 e. The summed E-state index contributed by atoms with van der Waals surface area (Å²) in [6.45, 7) is 3.87. The first-order valence-corrected chi connectivity index (χ1v) is 9.58. The molecule has 3 aromatic heterocycles. The molecule has 9 nitrogen and oxygen atoms in total. The minimum absolute atomic E-state index is 0.0167. The molecule has 1 aromatic carbocycles. The van der Waals surface area contributed by atoms with E-state index >= 15 is 0 Å². The van der Waals surface area contributed by atoms with Crippen LogP contribution in [0.1, 0.15) is 51.0 Å². The zero-order valence-corrected chi connectivity index (χ0v) is 16.6. The summed E-state index contributed by atoms with van der Waals surface area (Å²) in [5, 5.41) is 5.24. The smallest absolute Gasteiger partial charge is 0.364 e. The predicted octanol–water partition coefficient (Wildman–Crippen LogP) is 3.64. The van der Waals surface area contributed by atoms with Crippen molar-refractivity contribution < 1.29 is 23.6 Å². The van der Waals surface area contributed by atoms with Crippen LogP contribution in [0.15, 0.2) is 59.3 Å². The molecular formula is C22H16N4O5. The van der Waals surface area contributed by atoms with Crippen molar-refractivity contribution >= 4 is 28.8 Å². The van der Waals surface area contributed by atoms with Crippen molar-refractivity contribution in [2.45, 2.75) is 19.9 Å². The lowest BCUT2D eigenvalue weighted by Gasteiger charge is -2.14. The fourth-order valence-corrected chi connectivity index (χ4v) is 3.50. The van der Waals surface area contributed by atoms with Crippen LogP contribution in [-0.4, -0.2) is 37.6 Å². The van der Waals surface area contributed by atoms with E-state index in [1.54, 1.807) is 28.9 Å². The maximum atomic E-state index is 13.1. The molecule has 0 bridgehead atoms. The van der Waals surface area contributed by atoms with Crippen LogP contribution in [0.2, 0.25) is 0 Å². The van der Waals surface area contributed by atoms with Gasteiger partial charge in [-0.1, -0.05) is 17.2 Å². The highest BCUT2D eigenvalue weighted by atomic mass is 16.7. The maximum absolute atomic E-state index is 13.1. The van der Waals surface area contributed by atoms with E-state index in [1.807, 2.05) is 13.8 Å².